The number of nitrogens with two attached hydrogens (primary N) is 3. The van der Waals surface area contributed by atoms with E-state index in [0.717, 1.165) is 0 Å². The minimum atomic E-state index is -3.33. The van der Waals surface area contributed by atoms with E-state index in [1.807, 2.05) is 0 Å². The Labute approximate surface area is 104 Å². The van der Waals surface area contributed by atoms with Crippen LogP contribution in [0.5, 0.6) is 0 Å². The summed E-state index contributed by atoms with van der Waals surface area (Å²) in [5.41, 5.74) is 17.3. The van der Waals surface area contributed by atoms with Gasteiger partial charge in [-0.1, -0.05) is 12.2 Å². The van der Waals surface area contributed by atoms with Gasteiger partial charge in [-0.15, -0.1) is 13.2 Å². The number of hydrogen-bond acceptors (Lipinski definition) is 6. The van der Waals surface area contributed by atoms with Crippen molar-refractivity contribution < 1.29 is 13.3 Å². The summed E-state index contributed by atoms with van der Waals surface area (Å²) in [6, 6.07) is 0. The van der Waals surface area contributed by atoms with E-state index in [1.165, 1.54) is 27.4 Å². The molecule has 0 rings (SSSR count). The van der Waals surface area contributed by atoms with Crippen LogP contribution < -0.4 is 17.2 Å². The van der Waals surface area contributed by atoms with E-state index < -0.39 is 19.6 Å². The highest BCUT2D eigenvalue weighted by atomic mass is 28.4. The molecule has 7 heteroatoms. The quantitative estimate of drug-likeness (QED) is 0.308. The summed E-state index contributed by atoms with van der Waals surface area (Å²) in [4.78, 5) is 0. The van der Waals surface area contributed by atoms with Gasteiger partial charge in [0.05, 0.1) is 5.54 Å². The topological polar surface area (TPSA) is 106 Å². The predicted molar refractivity (Wildman–Crippen MR) is 69.8 cm³/mol. The van der Waals surface area contributed by atoms with Crippen molar-refractivity contribution in [1.82, 2.24) is 0 Å². The van der Waals surface area contributed by atoms with E-state index in [9.17, 15) is 0 Å². The second kappa shape index (κ2) is 5.87. The summed E-state index contributed by atoms with van der Waals surface area (Å²) in [6.07, 6.45) is 3.40. The molecule has 1 atom stereocenters. The molecule has 100 valence electrons. The lowest BCUT2D eigenvalue weighted by molar-refractivity contribution is 0.0766. The Kier molecular flexibility index (Phi) is 5.68. The Bertz CT molecular complexity index is 274. The van der Waals surface area contributed by atoms with Gasteiger partial charge in [0, 0.05) is 21.3 Å². The monoisotopic (exact) mass is 261 g/mol. The average Bonchev–Trinajstić information content (AvgIpc) is 2.31. The molecule has 0 saturated carbocycles. The zero-order valence-corrected chi connectivity index (χ0v) is 11.7. The Morgan fingerprint density at radius 1 is 1.06 bits per heavy atom. The first-order valence-electron chi connectivity index (χ1n) is 5.07. The van der Waals surface area contributed by atoms with Crippen LogP contribution in [0.15, 0.2) is 25.3 Å². The van der Waals surface area contributed by atoms with E-state index in [1.54, 1.807) is 6.08 Å². The third-order valence-corrected chi connectivity index (χ3v) is 6.02. The fraction of sp³-hybridized carbons (Fsp3) is 0.600. The smallest absolute Gasteiger partial charge is 0.375 e. The summed E-state index contributed by atoms with van der Waals surface area (Å²) in [6.45, 7) is 7.28. The van der Waals surface area contributed by atoms with E-state index in [-0.39, 0.29) is 0 Å². The predicted octanol–water partition coefficient (Wildman–Crippen LogP) is -0.523. The SMILES string of the molecule is C=CCC(N)(C=C)C(N)(N)[Si](OC)(OC)OC. The summed E-state index contributed by atoms with van der Waals surface area (Å²) in [5, 5.41) is -1.52. The molecule has 17 heavy (non-hydrogen) atoms. The molecule has 0 aliphatic rings. The summed E-state index contributed by atoms with van der Waals surface area (Å²) < 4.78 is 15.8. The van der Waals surface area contributed by atoms with Gasteiger partial charge in [0.25, 0.3) is 0 Å². The second-order valence-electron chi connectivity index (χ2n) is 3.77. The third-order valence-electron chi connectivity index (χ3n) is 2.93. The maximum Gasteiger partial charge on any atom is 0.538 e. The van der Waals surface area contributed by atoms with Gasteiger partial charge in [-0.3, -0.25) is 0 Å². The van der Waals surface area contributed by atoms with Gasteiger partial charge >= 0.3 is 8.80 Å². The Morgan fingerprint density at radius 3 is 1.71 bits per heavy atom. The van der Waals surface area contributed by atoms with E-state index in [4.69, 9.17) is 30.5 Å². The third kappa shape index (κ3) is 2.50. The minimum absolute atomic E-state index is 0.328. The van der Waals surface area contributed by atoms with Gasteiger partial charge in [0.2, 0.25) is 0 Å². The first kappa shape index (κ1) is 16.5. The first-order chi connectivity index (χ1) is 7.80. The van der Waals surface area contributed by atoms with E-state index >= 15 is 0 Å². The Morgan fingerprint density at radius 2 is 1.47 bits per heavy atom. The highest BCUT2D eigenvalue weighted by Gasteiger charge is 2.63. The number of hydrogen-bond donors (Lipinski definition) is 3. The largest absolute Gasteiger partial charge is 0.538 e. The van der Waals surface area contributed by atoms with Gasteiger partial charge < -0.3 is 30.5 Å². The molecule has 0 aromatic carbocycles. The standard InChI is InChI=1S/C10H23N3O3Si/c1-6-8-9(11,7-2)10(12,13)17(14-3,15-4)16-5/h6-7H,1-2,8,11-13H2,3-5H3. The molecule has 0 bridgehead atoms. The van der Waals surface area contributed by atoms with Crippen molar-refractivity contribution in [3.05, 3.63) is 25.3 Å². The van der Waals surface area contributed by atoms with Crippen LogP contribution in [0, 0.1) is 0 Å². The van der Waals surface area contributed by atoms with Crippen LogP contribution in [-0.4, -0.2) is 41.0 Å². The summed E-state index contributed by atoms with van der Waals surface area (Å²) in [5.74, 6) is 0. The summed E-state index contributed by atoms with van der Waals surface area (Å²) >= 11 is 0. The van der Waals surface area contributed by atoms with Crippen LogP contribution in [0.3, 0.4) is 0 Å². The lowest BCUT2D eigenvalue weighted by Gasteiger charge is -2.47. The van der Waals surface area contributed by atoms with Crippen molar-refractivity contribution >= 4 is 8.80 Å². The molecular formula is C10H23N3O3Si. The van der Waals surface area contributed by atoms with Crippen LogP contribution in [0.1, 0.15) is 6.42 Å². The van der Waals surface area contributed by atoms with Crippen molar-refractivity contribution in [2.75, 3.05) is 21.3 Å². The normalized spacial score (nSPS) is 16.4. The zero-order valence-electron chi connectivity index (χ0n) is 10.7. The Hall–Kier alpha value is -0.543. The summed E-state index contributed by atoms with van der Waals surface area (Å²) in [7, 11) is 0.938. The molecule has 0 radical (unpaired) electrons. The van der Waals surface area contributed by atoms with Crippen molar-refractivity contribution in [1.29, 1.82) is 0 Å². The average molecular weight is 261 g/mol. The van der Waals surface area contributed by atoms with Gasteiger partial charge in [-0.05, 0) is 6.42 Å². The molecule has 6 nitrogen and oxygen atoms in total. The lowest BCUT2D eigenvalue weighted by Crippen LogP contribution is -2.85. The first-order valence-corrected chi connectivity index (χ1v) is 6.79. The zero-order chi connectivity index (χ0) is 13.7. The molecule has 0 heterocycles. The molecule has 1 unspecified atom stereocenters. The fourth-order valence-corrected chi connectivity index (χ4v) is 3.99. The van der Waals surface area contributed by atoms with Gasteiger partial charge in [0.15, 0.2) is 5.29 Å². The number of rotatable bonds is 8. The minimum Gasteiger partial charge on any atom is -0.375 e. The van der Waals surface area contributed by atoms with Crippen LogP contribution in [-0.2, 0) is 13.3 Å². The van der Waals surface area contributed by atoms with Gasteiger partial charge in [0.1, 0.15) is 0 Å². The molecular weight excluding hydrogens is 238 g/mol. The van der Waals surface area contributed by atoms with Crippen molar-refractivity contribution in [2.24, 2.45) is 17.2 Å². The van der Waals surface area contributed by atoms with Crippen LogP contribution in [0.2, 0.25) is 0 Å². The molecule has 0 amide bonds. The highest BCUT2D eigenvalue weighted by molar-refractivity contribution is 6.64. The molecule has 0 spiro atoms. The van der Waals surface area contributed by atoms with E-state index in [0.29, 0.717) is 6.42 Å². The van der Waals surface area contributed by atoms with Crippen LogP contribution in [0.4, 0.5) is 0 Å². The van der Waals surface area contributed by atoms with Gasteiger partial charge in [-0.2, -0.15) is 0 Å². The molecule has 0 fully saturated rings. The van der Waals surface area contributed by atoms with Crippen molar-refractivity contribution in [3.8, 4) is 0 Å². The van der Waals surface area contributed by atoms with Crippen molar-refractivity contribution in [2.45, 2.75) is 17.2 Å². The highest BCUT2D eigenvalue weighted by Crippen LogP contribution is 2.29. The Balaban J connectivity index is 5.60. The molecule has 0 aliphatic heterocycles. The fourth-order valence-electron chi connectivity index (χ4n) is 1.70. The lowest BCUT2D eigenvalue weighted by atomic mass is 9.93. The van der Waals surface area contributed by atoms with Crippen LogP contribution >= 0.6 is 0 Å². The molecule has 0 saturated heterocycles. The molecule has 0 aromatic heterocycles. The maximum absolute atomic E-state index is 6.15. The van der Waals surface area contributed by atoms with Crippen molar-refractivity contribution in [3.63, 3.8) is 0 Å². The molecule has 0 aromatic rings. The maximum atomic E-state index is 6.15. The second-order valence-corrected chi connectivity index (χ2v) is 6.94. The molecule has 0 aliphatic carbocycles. The van der Waals surface area contributed by atoms with Crippen LogP contribution in [0.25, 0.3) is 0 Å². The van der Waals surface area contributed by atoms with E-state index in [2.05, 4.69) is 13.2 Å². The van der Waals surface area contributed by atoms with Gasteiger partial charge in [-0.25, -0.2) is 0 Å². The molecule has 6 N–H and O–H groups in total.